The van der Waals surface area contributed by atoms with Crippen LogP contribution in [-0.2, 0) is 14.2 Å². The first kappa shape index (κ1) is 33.1. The molecule has 11 nitrogen and oxygen atoms in total. The predicted molar refractivity (Wildman–Crippen MR) is 150 cm³/mol. The van der Waals surface area contributed by atoms with Crippen molar-refractivity contribution in [3.8, 4) is 0 Å². The highest BCUT2D eigenvalue weighted by molar-refractivity contribution is 6.00. The van der Waals surface area contributed by atoms with Crippen LogP contribution in [0.4, 0.5) is 0 Å². The van der Waals surface area contributed by atoms with Gasteiger partial charge in [0.1, 0.15) is 6.29 Å². The lowest BCUT2D eigenvalue weighted by Gasteiger charge is -2.18. The highest BCUT2D eigenvalue weighted by Crippen LogP contribution is 2.26. The van der Waals surface area contributed by atoms with Gasteiger partial charge in [-0.25, -0.2) is 9.59 Å². The van der Waals surface area contributed by atoms with E-state index in [9.17, 15) is 29.1 Å². The first-order valence-electron chi connectivity index (χ1n) is 13.5. The van der Waals surface area contributed by atoms with Crippen LogP contribution in [0.2, 0.25) is 0 Å². The minimum absolute atomic E-state index is 0.0554. The highest BCUT2D eigenvalue weighted by atomic mass is 16.7. The lowest BCUT2D eigenvalue weighted by molar-refractivity contribution is -0.0441. The molecule has 2 amide bonds. The number of aldehydes is 1. The predicted octanol–water partition coefficient (Wildman–Crippen LogP) is 4.07. The Bertz CT molecular complexity index is 1240. The third kappa shape index (κ3) is 9.51. The van der Waals surface area contributed by atoms with E-state index in [0.29, 0.717) is 49.3 Å². The van der Waals surface area contributed by atoms with Crippen molar-refractivity contribution in [1.29, 1.82) is 0 Å². The lowest BCUT2D eigenvalue weighted by Crippen LogP contribution is -2.27. The Hall–Kier alpha value is -4.09. The summed E-state index contributed by atoms with van der Waals surface area (Å²) in [6, 6.07) is 8.85. The molecule has 0 radical (unpaired) electrons. The van der Waals surface area contributed by atoms with E-state index in [1.54, 1.807) is 36.9 Å². The number of rotatable bonds is 11. The first-order valence-corrected chi connectivity index (χ1v) is 13.5. The van der Waals surface area contributed by atoms with Gasteiger partial charge < -0.3 is 29.1 Å². The second kappa shape index (κ2) is 16.2. The van der Waals surface area contributed by atoms with Gasteiger partial charge in [-0.05, 0) is 56.2 Å². The molecule has 1 saturated heterocycles. The number of benzene rings is 2. The van der Waals surface area contributed by atoms with E-state index in [0.717, 1.165) is 12.8 Å². The highest BCUT2D eigenvalue weighted by Gasteiger charge is 2.23. The van der Waals surface area contributed by atoms with Gasteiger partial charge in [0, 0.05) is 49.4 Å². The molecule has 0 spiro atoms. The molecule has 0 saturated carbocycles. The molecule has 1 heterocycles. The number of carbonyl (C=O) groups excluding carboxylic acids is 4. The van der Waals surface area contributed by atoms with E-state index in [-0.39, 0.29) is 35.1 Å². The van der Waals surface area contributed by atoms with Gasteiger partial charge in [0.25, 0.3) is 11.8 Å². The van der Waals surface area contributed by atoms with Crippen LogP contribution >= 0.6 is 0 Å². The van der Waals surface area contributed by atoms with Gasteiger partial charge in [-0.3, -0.25) is 14.4 Å². The normalized spacial score (nSPS) is 12.6. The molecule has 0 aromatic heterocycles. The minimum Gasteiger partial charge on any atom is -0.478 e. The fourth-order valence-electron chi connectivity index (χ4n) is 4.08. The molecule has 2 aromatic rings. The standard InChI is InChI=1S/C15H19NO5.C15H19NO4/c1-3-4-16(2)13(17)10-7-11(14(18)19)9-12(8-10)15-20-5-6-21-15;1-4-6-16(3)14(18)12-7-11(10-17)8-13(9-12)15(19)20-5-2/h7-9,15H,3-6H2,1-2H3,(H,18,19);7-10H,4-6H2,1-3H3. The molecule has 1 aliphatic rings. The van der Waals surface area contributed by atoms with E-state index < -0.39 is 18.2 Å². The van der Waals surface area contributed by atoms with Crippen LogP contribution in [0.25, 0.3) is 0 Å². The molecule has 3 rings (SSSR count). The number of carboxylic acids is 1. The summed E-state index contributed by atoms with van der Waals surface area (Å²) in [6.07, 6.45) is 1.68. The zero-order valence-corrected chi connectivity index (χ0v) is 24.2. The van der Waals surface area contributed by atoms with Crippen molar-refractivity contribution in [3.05, 3.63) is 69.8 Å². The number of ether oxygens (including phenoxy) is 3. The van der Waals surface area contributed by atoms with Crippen LogP contribution in [0, 0.1) is 0 Å². The summed E-state index contributed by atoms with van der Waals surface area (Å²) in [7, 11) is 3.38. The molecule has 222 valence electrons. The topological polar surface area (TPSA) is 140 Å². The maximum absolute atomic E-state index is 12.3. The Kier molecular flexibility index (Phi) is 13.1. The monoisotopic (exact) mass is 570 g/mol. The molecule has 1 N–H and O–H groups in total. The Morgan fingerprint density at radius 1 is 0.829 bits per heavy atom. The summed E-state index contributed by atoms with van der Waals surface area (Å²) in [5.74, 6) is -2.05. The summed E-state index contributed by atoms with van der Waals surface area (Å²) in [4.78, 5) is 61.5. The molecule has 0 aliphatic carbocycles. The van der Waals surface area contributed by atoms with Crippen molar-refractivity contribution in [2.75, 3.05) is 47.0 Å². The third-order valence-electron chi connectivity index (χ3n) is 6.00. The maximum Gasteiger partial charge on any atom is 0.338 e. The Morgan fingerprint density at radius 3 is 1.80 bits per heavy atom. The molecule has 2 aromatic carbocycles. The number of esters is 1. The largest absolute Gasteiger partial charge is 0.478 e. The molecular formula is C30H38N2O9. The summed E-state index contributed by atoms with van der Waals surface area (Å²) in [6.45, 7) is 8.02. The smallest absolute Gasteiger partial charge is 0.338 e. The van der Waals surface area contributed by atoms with Crippen LogP contribution in [0.1, 0.15) is 97.3 Å². The van der Waals surface area contributed by atoms with Gasteiger partial charge >= 0.3 is 11.9 Å². The van der Waals surface area contributed by atoms with Crippen molar-refractivity contribution >= 4 is 30.0 Å². The molecule has 1 fully saturated rings. The second-order valence-electron chi connectivity index (χ2n) is 9.36. The maximum atomic E-state index is 12.3. The molecule has 1 aliphatic heterocycles. The van der Waals surface area contributed by atoms with Gasteiger partial charge in [-0.15, -0.1) is 0 Å². The Morgan fingerprint density at radius 2 is 1.32 bits per heavy atom. The molecule has 41 heavy (non-hydrogen) atoms. The Labute approximate surface area is 240 Å². The number of hydrogen-bond acceptors (Lipinski definition) is 8. The summed E-state index contributed by atoms with van der Waals surface area (Å²) < 4.78 is 15.6. The molecule has 11 heteroatoms. The fraction of sp³-hybridized carbons (Fsp3) is 0.433. The van der Waals surface area contributed by atoms with E-state index >= 15 is 0 Å². The number of carboxylic acid groups (broad SMARTS) is 1. The van der Waals surface area contributed by atoms with E-state index in [2.05, 4.69) is 0 Å². The minimum atomic E-state index is -1.08. The molecule has 0 unspecified atom stereocenters. The van der Waals surface area contributed by atoms with E-state index in [1.165, 1.54) is 30.3 Å². The van der Waals surface area contributed by atoms with E-state index in [4.69, 9.17) is 14.2 Å². The second-order valence-corrected chi connectivity index (χ2v) is 9.36. The number of aromatic carboxylic acids is 1. The number of carbonyl (C=O) groups is 5. The summed E-state index contributed by atoms with van der Waals surface area (Å²) >= 11 is 0. The molecular weight excluding hydrogens is 532 g/mol. The van der Waals surface area contributed by atoms with Crippen LogP contribution in [0.5, 0.6) is 0 Å². The van der Waals surface area contributed by atoms with Gasteiger partial charge in [0.15, 0.2) is 6.29 Å². The molecule has 0 bridgehead atoms. The lowest BCUT2D eigenvalue weighted by atomic mass is 10.0. The molecule has 0 atom stereocenters. The third-order valence-corrected chi connectivity index (χ3v) is 6.00. The van der Waals surface area contributed by atoms with Gasteiger partial charge in [-0.2, -0.15) is 0 Å². The van der Waals surface area contributed by atoms with Gasteiger partial charge in [0.2, 0.25) is 0 Å². The number of hydrogen-bond donors (Lipinski definition) is 1. The van der Waals surface area contributed by atoms with Gasteiger partial charge in [-0.1, -0.05) is 13.8 Å². The quantitative estimate of drug-likeness (QED) is 0.313. The zero-order valence-electron chi connectivity index (χ0n) is 24.2. The van der Waals surface area contributed by atoms with Crippen LogP contribution in [0.15, 0.2) is 36.4 Å². The van der Waals surface area contributed by atoms with E-state index in [1.807, 2.05) is 13.8 Å². The average Bonchev–Trinajstić information content (AvgIpc) is 3.52. The van der Waals surface area contributed by atoms with Crippen LogP contribution in [0.3, 0.4) is 0 Å². The van der Waals surface area contributed by atoms with Crippen LogP contribution in [-0.4, -0.2) is 92.0 Å². The van der Waals surface area contributed by atoms with Crippen molar-refractivity contribution < 1.29 is 43.3 Å². The van der Waals surface area contributed by atoms with Crippen molar-refractivity contribution in [3.63, 3.8) is 0 Å². The summed E-state index contributed by atoms with van der Waals surface area (Å²) in [5, 5.41) is 9.19. The average molecular weight is 571 g/mol. The number of nitrogens with zero attached hydrogens (tertiary/aromatic N) is 2. The van der Waals surface area contributed by atoms with Gasteiger partial charge in [0.05, 0.1) is 30.9 Å². The van der Waals surface area contributed by atoms with Crippen molar-refractivity contribution in [2.45, 2.75) is 39.9 Å². The summed E-state index contributed by atoms with van der Waals surface area (Å²) in [5.41, 5.74) is 1.75. The number of amides is 2. The zero-order chi connectivity index (χ0) is 30.5. The fourth-order valence-corrected chi connectivity index (χ4v) is 4.08. The SMILES string of the molecule is CCCN(C)C(=O)c1cc(C(=O)O)cc(C2OCCO2)c1.CCCN(C)C(=O)c1cc(C=O)cc(C(=O)OCC)c1. The van der Waals surface area contributed by atoms with Crippen molar-refractivity contribution in [2.24, 2.45) is 0 Å². The van der Waals surface area contributed by atoms with Crippen LogP contribution < -0.4 is 0 Å². The Balaban J connectivity index is 0.000000287. The van der Waals surface area contributed by atoms with Crippen molar-refractivity contribution in [1.82, 2.24) is 9.80 Å². The first-order chi connectivity index (χ1) is 19.6.